The molecule has 1 aliphatic heterocycles. The summed E-state index contributed by atoms with van der Waals surface area (Å²) in [6, 6.07) is 1.07. The van der Waals surface area contributed by atoms with Gasteiger partial charge in [0.2, 0.25) is 0 Å². The van der Waals surface area contributed by atoms with E-state index in [9.17, 15) is 0 Å². The van der Waals surface area contributed by atoms with Crippen LogP contribution in [-0.4, -0.2) is 31.8 Å². The third kappa shape index (κ3) is 3.18. The lowest BCUT2D eigenvalue weighted by molar-refractivity contribution is 0.0757. The van der Waals surface area contributed by atoms with E-state index in [4.69, 9.17) is 10.5 Å². The van der Waals surface area contributed by atoms with Gasteiger partial charge in [-0.05, 0) is 19.8 Å². The van der Waals surface area contributed by atoms with Crippen LogP contribution in [0, 0.1) is 0 Å². The van der Waals surface area contributed by atoms with Gasteiger partial charge in [0.25, 0.3) is 0 Å². The van der Waals surface area contributed by atoms with Crippen LogP contribution in [-0.2, 0) is 4.74 Å². The SMILES string of the molecule is CC(CN)NC1CCOCC1. The van der Waals surface area contributed by atoms with Crippen molar-refractivity contribution < 1.29 is 4.74 Å². The molecular weight excluding hydrogens is 140 g/mol. The fourth-order valence-electron chi connectivity index (χ4n) is 1.33. The second-order valence-electron chi connectivity index (χ2n) is 3.19. The fourth-order valence-corrected chi connectivity index (χ4v) is 1.33. The average molecular weight is 158 g/mol. The number of ether oxygens (including phenoxy) is 1. The maximum atomic E-state index is 5.50. The van der Waals surface area contributed by atoms with Crippen LogP contribution >= 0.6 is 0 Å². The zero-order valence-corrected chi connectivity index (χ0v) is 7.18. The Morgan fingerprint density at radius 1 is 1.55 bits per heavy atom. The van der Waals surface area contributed by atoms with Gasteiger partial charge in [-0.25, -0.2) is 0 Å². The van der Waals surface area contributed by atoms with Crippen LogP contribution in [0.4, 0.5) is 0 Å². The van der Waals surface area contributed by atoms with E-state index in [0.717, 1.165) is 32.6 Å². The number of rotatable bonds is 3. The molecule has 0 aliphatic carbocycles. The molecule has 3 nitrogen and oxygen atoms in total. The molecule has 0 aromatic carbocycles. The van der Waals surface area contributed by atoms with Crippen molar-refractivity contribution in [3.05, 3.63) is 0 Å². The van der Waals surface area contributed by atoms with Gasteiger partial charge >= 0.3 is 0 Å². The number of hydrogen-bond acceptors (Lipinski definition) is 3. The highest BCUT2D eigenvalue weighted by atomic mass is 16.5. The Kier molecular flexibility index (Phi) is 3.83. The lowest BCUT2D eigenvalue weighted by Gasteiger charge is -2.26. The van der Waals surface area contributed by atoms with Crippen LogP contribution in [0.3, 0.4) is 0 Å². The molecule has 0 aromatic heterocycles. The molecule has 1 saturated heterocycles. The van der Waals surface area contributed by atoms with Crippen LogP contribution in [0.2, 0.25) is 0 Å². The molecular formula is C8H18N2O. The van der Waals surface area contributed by atoms with E-state index >= 15 is 0 Å². The lowest BCUT2D eigenvalue weighted by Crippen LogP contribution is -2.43. The molecule has 0 bridgehead atoms. The van der Waals surface area contributed by atoms with Gasteiger partial charge in [-0.1, -0.05) is 0 Å². The Morgan fingerprint density at radius 3 is 2.73 bits per heavy atom. The first-order chi connectivity index (χ1) is 5.33. The van der Waals surface area contributed by atoms with E-state index in [0.29, 0.717) is 12.1 Å². The third-order valence-electron chi connectivity index (χ3n) is 2.10. The molecule has 3 N–H and O–H groups in total. The minimum absolute atomic E-state index is 0.443. The molecule has 11 heavy (non-hydrogen) atoms. The van der Waals surface area contributed by atoms with Crippen molar-refractivity contribution >= 4 is 0 Å². The van der Waals surface area contributed by atoms with Crippen molar-refractivity contribution in [2.45, 2.75) is 31.8 Å². The summed E-state index contributed by atoms with van der Waals surface area (Å²) in [7, 11) is 0. The predicted octanol–water partition coefficient (Wildman–Crippen LogP) is 0.102. The summed E-state index contributed by atoms with van der Waals surface area (Å²) in [4.78, 5) is 0. The van der Waals surface area contributed by atoms with E-state index in [1.807, 2.05) is 0 Å². The summed E-state index contributed by atoms with van der Waals surface area (Å²) in [6.45, 7) is 4.64. The highest BCUT2D eigenvalue weighted by molar-refractivity contribution is 4.73. The molecule has 1 heterocycles. The highest BCUT2D eigenvalue weighted by Gasteiger charge is 2.14. The highest BCUT2D eigenvalue weighted by Crippen LogP contribution is 2.06. The molecule has 66 valence electrons. The van der Waals surface area contributed by atoms with Crippen molar-refractivity contribution in [3.8, 4) is 0 Å². The van der Waals surface area contributed by atoms with Gasteiger partial charge in [-0.3, -0.25) is 0 Å². The minimum atomic E-state index is 0.443. The van der Waals surface area contributed by atoms with Gasteiger partial charge in [0.05, 0.1) is 0 Å². The smallest absolute Gasteiger partial charge is 0.0480 e. The van der Waals surface area contributed by atoms with Gasteiger partial charge in [0.15, 0.2) is 0 Å². The standard InChI is InChI=1S/C8H18N2O/c1-7(6-9)10-8-2-4-11-5-3-8/h7-8,10H,2-6,9H2,1H3. The molecule has 1 rings (SSSR count). The molecule has 0 radical (unpaired) electrons. The average Bonchev–Trinajstić information content (AvgIpc) is 2.06. The lowest BCUT2D eigenvalue weighted by atomic mass is 10.1. The second kappa shape index (κ2) is 4.70. The molecule has 3 heteroatoms. The summed E-state index contributed by atoms with van der Waals surface area (Å²) in [5.74, 6) is 0. The molecule has 0 aromatic rings. The number of hydrogen-bond donors (Lipinski definition) is 2. The number of nitrogens with one attached hydrogen (secondary N) is 1. The summed E-state index contributed by atoms with van der Waals surface area (Å²) < 4.78 is 5.24. The minimum Gasteiger partial charge on any atom is -0.381 e. The van der Waals surface area contributed by atoms with E-state index in [1.54, 1.807) is 0 Å². The molecule has 1 aliphatic rings. The summed E-state index contributed by atoms with van der Waals surface area (Å²) >= 11 is 0. The van der Waals surface area contributed by atoms with Crippen LogP contribution in [0.5, 0.6) is 0 Å². The van der Waals surface area contributed by atoms with Gasteiger partial charge < -0.3 is 15.8 Å². The van der Waals surface area contributed by atoms with Crippen LogP contribution < -0.4 is 11.1 Å². The summed E-state index contributed by atoms with van der Waals surface area (Å²) in [5.41, 5.74) is 5.50. The van der Waals surface area contributed by atoms with Crippen molar-refractivity contribution in [2.24, 2.45) is 5.73 Å². The van der Waals surface area contributed by atoms with E-state index < -0.39 is 0 Å². The van der Waals surface area contributed by atoms with Gasteiger partial charge in [0, 0.05) is 31.8 Å². The van der Waals surface area contributed by atoms with Crippen molar-refractivity contribution in [1.82, 2.24) is 5.32 Å². The van der Waals surface area contributed by atoms with Gasteiger partial charge in [-0.2, -0.15) is 0 Å². The van der Waals surface area contributed by atoms with Gasteiger partial charge in [-0.15, -0.1) is 0 Å². The van der Waals surface area contributed by atoms with Crippen LogP contribution in [0.25, 0.3) is 0 Å². The van der Waals surface area contributed by atoms with Gasteiger partial charge in [0.1, 0.15) is 0 Å². The molecule has 1 unspecified atom stereocenters. The first-order valence-electron chi connectivity index (χ1n) is 4.37. The first-order valence-corrected chi connectivity index (χ1v) is 4.37. The van der Waals surface area contributed by atoms with Crippen molar-refractivity contribution in [2.75, 3.05) is 19.8 Å². The zero-order chi connectivity index (χ0) is 8.10. The molecule has 0 spiro atoms. The van der Waals surface area contributed by atoms with E-state index in [2.05, 4.69) is 12.2 Å². The quantitative estimate of drug-likeness (QED) is 0.612. The monoisotopic (exact) mass is 158 g/mol. The van der Waals surface area contributed by atoms with Crippen molar-refractivity contribution in [3.63, 3.8) is 0 Å². The third-order valence-corrected chi connectivity index (χ3v) is 2.10. The molecule has 1 atom stereocenters. The largest absolute Gasteiger partial charge is 0.381 e. The molecule has 0 saturated carbocycles. The van der Waals surface area contributed by atoms with Crippen LogP contribution in [0.15, 0.2) is 0 Å². The predicted molar refractivity (Wildman–Crippen MR) is 45.5 cm³/mol. The zero-order valence-electron chi connectivity index (χ0n) is 7.18. The van der Waals surface area contributed by atoms with Crippen LogP contribution in [0.1, 0.15) is 19.8 Å². The normalized spacial score (nSPS) is 23.5. The van der Waals surface area contributed by atoms with Crippen molar-refractivity contribution in [1.29, 1.82) is 0 Å². The second-order valence-corrected chi connectivity index (χ2v) is 3.19. The molecule has 0 amide bonds. The Hall–Kier alpha value is -0.120. The van der Waals surface area contributed by atoms with E-state index in [-0.39, 0.29) is 0 Å². The Balaban J connectivity index is 2.13. The fraction of sp³-hybridized carbons (Fsp3) is 1.00. The Labute approximate surface area is 68.3 Å². The number of nitrogens with two attached hydrogens (primary N) is 1. The topological polar surface area (TPSA) is 47.3 Å². The summed E-state index contributed by atoms with van der Waals surface area (Å²) in [6.07, 6.45) is 2.26. The maximum absolute atomic E-state index is 5.50. The first kappa shape index (κ1) is 8.97. The Morgan fingerprint density at radius 2 is 2.18 bits per heavy atom. The summed E-state index contributed by atoms with van der Waals surface area (Å²) in [5, 5.41) is 3.46. The Bertz CT molecular complexity index is 102. The molecule has 1 fully saturated rings. The maximum Gasteiger partial charge on any atom is 0.0480 e. The van der Waals surface area contributed by atoms with E-state index in [1.165, 1.54) is 0 Å².